The molecule has 1 aliphatic carbocycles. The van der Waals surface area contributed by atoms with Crippen molar-refractivity contribution >= 4 is 27.3 Å². The maximum atomic E-state index is 13.0. The molecule has 0 fully saturated rings. The molecule has 0 aromatic heterocycles. The van der Waals surface area contributed by atoms with Gasteiger partial charge in [0.1, 0.15) is 0 Å². The number of carbonyl (C=O) groups excluding carboxylic acids is 1. The Balaban J connectivity index is 1.78. The highest BCUT2D eigenvalue weighted by atomic mass is 16.1. The monoisotopic (exact) mass is 294 g/mol. The third-order valence-electron chi connectivity index (χ3n) is 4.81. The molecule has 0 heterocycles. The van der Waals surface area contributed by atoms with E-state index >= 15 is 0 Å². The molecular formula is C22H14O. The molecule has 0 aliphatic heterocycles. The zero-order valence-electron chi connectivity index (χ0n) is 12.5. The van der Waals surface area contributed by atoms with Crippen LogP contribution in [0.1, 0.15) is 27.0 Å². The van der Waals surface area contributed by atoms with Gasteiger partial charge in [0.25, 0.3) is 0 Å². The number of carbonyl (C=O) groups is 1. The molecule has 0 atom stereocenters. The van der Waals surface area contributed by atoms with E-state index < -0.39 is 0 Å². The molecule has 5 rings (SSSR count). The van der Waals surface area contributed by atoms with E-state index in [1.807, 2.05) is 36.4 Å². The first-order chi connectivity index (χ1) is 11.3. The number of fused-ring (bicyclic) bond motifs is 4. The van der Waals surface area contributed by atoms with E-state index in [0.29, 0.717) is 0 Å². The molecule has 0 spiro atoms. The van der Waals surface area contributed by atoms with E-state index in [-0.39, 0.29) is 5.78 Å². The SMILES string of the molecule is O=C1c2cc3ccccc3cc2Cc2cc3ccccc3cc21. The Hall–Kier alpha value is -2.93. The minimum absolute atomic E-state index is 0.151. The number of hydrogen-bond acceptors (Lipinski definition) is 1. The Labute approximate surface area is 134 Å². The largest absolute Gasteiger partial charge is 0.289 e. The maximum absolute atomic E-state index is 13.0. The van der Waals surface area contributed by atoms with Gasteiger partial charge in [0.15, 0.2) is 5.78 Å². The highest BCUT2D eigenvalue weighted by Gasteiger charge is 2.24. The van der Waals surface area contributed by atoms with Crippen molar-refractivity contribution in [2.75, 3.05) is 0 Å². The summed E-state index contributed by atoms with van der Waals surface area (Å²) in [5, 5.41) is 4.65. The van der Waals surface area contributed by atoms with Crippen molar-refractivity contribution in [2.45, 2.75) is 6.42 Å². The topological polar surface area (TPSA) is 17.1 Å². The van der Waals surface area contributed by atoms with Gasteiger partial charge < -0.3 is 0 Å². The molecule has 0 radical (unpaired) electrons. The Morgan fingerprint density at radius 3 is 1.39 bits per heavy atom. The number of rotatable bonds is 0. The molecule has 23 heavy (non-hydrogen) atoms. The Morgan fingerprint density at radius 1 is 0.565 bits per heavy atom. The summed E-state index contributed by atoms with van der Waals surface area (Å²) in [4.78, 5) is 13.0. The number of benzene rings is 4. The molecule has 0 N–H and O–H groups in total. The van der Waals surface area contributed by atoms with Crippen LogP contribution in [0.3, 0.4) is 0 Å². The highest BCUT2D eigenvalue weighted by Crippen LogP contribution is 2.32. The lowest BCUT2D eigenvalue weighted by atomic mass is 9.82. The summed E-state index contributed by atoms with van der Waals surface area (Å²) in [6.07, 6.45) is 0.825. The van der Waals surface area contributed by atoms with Crippen LogP contribution in [0.15, 0.2) is 72.8 Å². The molecule has 0 saturated carbocycles. The Morgan fingerprint density at radius 2 is 0.957 bits per heavy atom. The molecular weight excluding hydrogens is 280 g/mol. The van der Waals surface area contributed by atoms with Crippen LogP contribution in [0.25, 0.3) is 21.5 Å². The quantitative estimate of drug-likeness (QED) is 0.387. The van der Waals surface area contributed by atoms with Gasteiger partial charge in [0, 0.05) is 11.1 Å². The maximum Gasteiger partial charge on any atom is 0.193 e. The van der Waals surface area contributed by atoms with Gasteiger partial charge in [0.05, 0.1) is 0 Å². The molecule has 4 aromatic rings. The highest BCUT2D eigenvalue weighted by molar-refractivity contribution is 6.15. The smallest absolute Gasteiger partial charge is 0.193 e. The second kappa shape index (κ2) is 4.53. The zero-order valence-corrected chi connectivity index (χ0v) is 12.5. The lowest BCUT2D eigenvalue weighted by Crippen LogP contribution is -2.15. The molecule has 0 amide bonds. The van der Waals surface area contributed by atoms with E-state index in [1.165, 1.54) is 10.8 Å². The first-order valence-corrected chi connectivity index (χ1v) is 7.88. The van der Waals surface area contributed by atoms with Crippen molar-refractivity contribution in [2.24, 2.45) is 0 Å². The summed E-state index contributed by atoms with van der Waals surface area (Å²) in [5.41, 5.74) is 3.98. The van der Waals surface area contributed by atoms with Crippen LogP contribution in [-0.2, 0) is 6.42 Å². The van der Waals surface area contributed by atoms with Crippen LogP contribution in [0, 0.1) is 0 Å². The van der Waals surface area contributed by atoms with Crippen LogP contribution < -0.4 is 0 Å². The predicted octanol–water partition coefficient (Wildman–Crippen LogP) is 5.13. The van der Waals surface area contributed by atoms with E-state index in [2.05, 4.69) is 36.4 Å². The fourth-order valence-electron chi connectivity index (χ4n) is 3.64. The van der Waals surface area contributed by atoms with Gasteiger partial charge in [0.2, 0.25) is 0 Å². The van der Waals surface area contributed by atoms with E-state index in [4.69, 9.17) is 0 Å². The summed E-state index contributed by atoms with van der Waals surface area (Å²) < 4.78 is 0. The van der Waals surface area contributed by atoms with Crippen molar-refractivity contribution in [3.05, 3.63) is 95.1 Å². The predicted molar refractivity (Wildman–Crippen MR) is 94.1 cm³/mol. The van der Waals surface area contributed by atoms with Gasteiger partial charge in [-0.25, -0.2) is 0 Å². The molecule has 1 nitrogen and oxygen atoms in total. The van der Waals surface area contributed by atoms with Crippen LogP contribution in [0.4, 0.5) is 0 Å². The third kappa shape index (κ3) is 1.83. The first kappa shape index (κ1) is 12.6. The third-order valence-corrected chi connectivity index (χ3v) is 4.81. The fourth-order valence-corrected chi connectivity index (χ4v) is 3.64. The summed E-state index contributed by atoms with van der Waals surface area (Å²) in [7, 11) is 0. The molecule has 108 valence electrons. The summed E-state index contributed by atoms with van der Waals surface area (Å²) in [6.45, 7) is 0. The minimum Gasteiger partial charge on any atom is -0.289 e. The van der Waals surface area contributed by atoms with Crippen molar-refractivity contribution < 1.29 is 4.79 Å². The molecule has 0 saturated heterocycles. The normalized spacial score (nSPS) is 13.1. The number of ketones is 1. The van der Waals surface area contributed by atoms with Crippen molar-refractivity contribution in [1.29, 1.82) is 0 Å². The summed E-state index contributed by atoms with van der Waals surface area (Å²) in [5.74, 6) is 0.151. The standard InChI is InChI=1S/C22H14O/c23-22-20-12-16-7-3-1-5-14(16)9-18(20)11-19-10-15-6-2-4-8-17(15)13-21(19)22/h1-10,12-13H,11H2. The molecule has 0 unspecified atom stereocenters. The fraction of sp³-hybridized carbons (Fsp3) is 0.0455. The second-order valence-electron chi connectivity index (χ2n) is 6.22. The van der Waals surface area contributed by atoms with Crippen LogP contribution in [0.5, 0.6) is 0 Å². The van der Waals surface area contributed by atoms with Crippen LogP contribution >= 0.6 is 0 Å². The van der Waals surface area contributed by atoms with Gasteiger partial charge in [-0.05, 0) is 51.2 Å². The molecule has 1 heteroatoms. The minimum atomic E-state index is 0.151. The molecule has 0 bridgehead atoms. The Kier molecular flexibility index (Phi) is 2.48. The van der Waals surface area contributed by atoms with Crippen molar-refractivity contribution in [3.63, 3.8) is 0 Å². The second-order valence-corrected chi connectivity index (χ2v) is 6.22. The van der Waals surface area contributed by atoms with Gasteiger partial charge in [-0.15, -0.1) is 0 Å². The van der Waals surface area contributed by atoms with E-state index in [9.17, 15) is 4.79 Å². The zero-order chi connectivity index (χ0) is 15.4. The van der Waals surface area contributed by atoms with Gasteiger partial charge in [-0.2, -0.15) is 0 Å². The summed E-state index contributed by atoms with van der Waals surface area (Å²) in [6, 6.07) is 24.9. The lowest BCUT2D eigenvalue weighted by molar-refractivity contribution is 0.103. The van der Waals surface area contributed by atoms with Crippen molar-refractivity contribution in [1.82, 2.24) is 0 Å². The number of hydrogen-bond donors (Lipinski definition) is 0. The van der Waals surface area contributed by atoms with Gasteiger partial charge in [-0.3, -0.25) is 4.79 Å². The molecule has 1 aliphatic rings. The lowest BCUT2D eigenvalue weighted by Gasteiger charge is -2.20. The van der Waals surface area contributed by atoms with E-state index in [1.54, 1.807) is 0 Å². The average Bonchev–Trinajstić information content (AvgIpc) is 2.59. The van der Waals surface area contributed by atoms with Crippen LogP contribution in [0.2, 0.25) is 0 Å². The molecule has 4 aromatic carbocycles. The Bertz CT molecular complexity index is 1020. The average molecular weight is 294 g/mol. The van der Waals surface area contributed by atoms with Gasteiger partial charge >= 0.3 is 0 Å². The first-order valence-electron chi connectivity index (χ1n) is 7.88. The summed E-state index contributed by atoms with van der Waals surface area (Å²) >= 11 is 0. The van der Waals surface area contributed by atoms with Crippen LogP contribution in [-0.4, -0.2) is 5.78 Å². The van der Waals surface area contributed by atoms with Gasteiger partial charge in [-0.1, -0.05) is 60.7 Å². The van der Waals surface area contributed by atoms with Crippen molar-refractivity contribution in [3.8, 4) is 0 Å². The van der Waals surface area contributed by atoms with E-state index in [0.717, 1.165) is 39.4 Å².